The summed E-state index contributed by atoms with van der Waals surface area (Å²) < 4.78 is 10.6. The van der Waals surface area contributed by atoms with Crippen LogP contribution in [0.2, 0.25) is 0 Å². The van der Waals surface area contributed by atoms with Crippen LogP contribution in [0.4, 0.5) is 5.69 Å². The van der Waals surface area contributed by atoms with E-state index in [1.165, 1.54) is 0 Å². The number of anilines is 1. The van der Waals surface area contributed by atoms with Crippen molar-refractivity contribution in [2.75, 3.05) is 32.2 Å². The topological polar surface area (TPSA) is 50.8 Å². The number of fused-ring (bicyclic) bond motifs is 1. The second kappa shape index (κ2) is 7.36. The Balaban J connectivity index is 1.82. The van der Waals surface area contributed by atoms with Crippen molar-refractivity contribution in [3.63, 3.8) is 0 Å². The molecule has 1 N–H and O–H groups in total. The van der Waals surface area contributed by atoms with Crippen molar-refractivity contribution in [1.82, 2.24) is 5.32 Å². The lowest BCUT2D eigenvalue weighted by Gasteiger charge is -2.22. The van der Waals surface area contributed by atoms with Crippen LogP contribution < -0.4 is 19.7 Å². The lowest BCUT2D eigenvalue weighted by Crippen LogP contribution is -2.35. The zero-order valence-corrected chi connectivity index (χ0v) is 14.0. The van der Waals surface area contributed by atoms with Crippen molar-refractivity contribution in [2.24, 2.45) is 0 Å². The van der Waals surface area contributed by atoms with Gasteiger partial charge in [-0.15, -0.1) is 0 Å². The summed E-state index contributed by atoms with van der Waals surface area (Å²) in [6, 6.07) is 13.6. The number of carbonyl (C=O) groups is 1. The summed E-state index contributed by atoms with van der Waals surface area (Å²) in [6.45, 7) is 2.24. The highest BCUT2D eigenvalue weighted by molar-refractivity contribution is 5.95. The number of nitrogens with zero attached hydrogens (tertiary/aromatic N) is 1. The highest BCUT2D eigenvalue weighted by Crippen LogP contribution is 2.28. The third kappa shape index (κ3) is 3.36. The molecule has 5 nitrogen and oxygen atoms in total. The van der Waals surface area contributed by atoms with E-state index >= 15 is 0 Å². The van der Waals surface area contributed by atoms with E-state index in [2.05, 4.69) is 11.4 Å². The van der Waals surface area contributed by atoms with E-state index in [-0.39, 0.29) is 5.91 Å². The van der Waals surface area contributed by atoms with E-state index in [0.717, 1.165) is 29.9 Å². The fraction of sp³-hybridized carbons (Fsp3) is 0.316. The molecule has 1 aliphatic heterocycles. The maximum atomic E-state index is 12.9. The van der Waals surface area contributed by atoms with E-state index in [1.54, 1.807) is 14.2 Å². The number of methoxy groups -OCH3 is 2. The molecular weight excluding hydrogens is 304 g/mol. The van der Waals surface area contributed by atoms with Crippen molar-refractivity contribution < 1.29 is 14.3 Å². The summed E-state index contributed by atoms with van der Waals surface area (Å²) in [5.41, 5.74) is 3.05. The molecule has 1 aliphatic rings. The fourth-order valence-corrected chi connectivity index (χ4v) is 2.98. The quantitative estimate of drug-likeness (QED) is 0.937. The van der Waals surface area contributed by atoms with Gasteiger partial charge < -0.3 is 19.7 Å². The van der Waals surface area contributed by atoms with Gasteiger partial charge in [-0.1, -0.05) is 24.3 Å². The summed E-state index contributed by atoms with van der Waals surface area (Å²) in [5, 5.41) is 3.36. The first-order chi connectivity index (χ1) is 11.7. The van der Waals surface area contributed by atoms with Gasteiger partial charge in [0.1, 0.15) is 0 Å². The predicted molar refractivity (Wildman–Crippen MR) is 93.8 cm³/mol. The minimum absolute atomic E-state index is 0.0818. The lowest BCUT2D eigenvalue weighted by molar-refractivity contribution is -0.118. The van der Waals surface area contributed by atoms with E-state index < -0.39 is 0 Å². The van der Waals surface area contributed by atoms with Crippen LogP contribution in [-0.2, 0) is 17.8 Å². The number of ether oxygens (including phenoxy) is 2. The minimum Gasteiger partial charge on any atom is -0.493 e. The first-order valence-corrected chi connectivity index (χ1v) is 8.03. The summed E-state index contributed by atoms with van der Waals surface area (Å²) in [6.07, 6.45) is 0.328. The largest absolute Gasteiger partial charge is 0.493 e. The van der Waals surface area contributed by atoms with Gasteiger partial charge in [0, 0.05) is 25.3 Å². The molecule has 126 valence electrons. The third-order valence-corrected chi connectivity index (χ3v) is 4.21. The van der Waals surface area contributed by atoms with E-state index in [4.69, 9.17) is 9.47 Å². The smallest absolute Gasteiger partial charge is 0.231 e. The molecule has 2 aromatic rings. The maximum absolute atomic E-state index is 12.9. The first-order valence-electron chi connectivity index (χ1n) is 8.03. The van der Waals surface area contributed by atoms with Gasteiger partial charge in [-0.05, 0) is 29.3 Å². The van der Waals surface area contributed by atoms with E-state index in [1.807, 2.05) is 41.3 Å². The van der Waals surface area contributed by atoms with Gasteiger partial charge in [0.05, 0.1) is 20.6 Å². The average molecular weight is 326 g/mol. The van der Waals surface area contributed by atoms with Crippen LogP contribution in [0.25, 0.3) is 0 Å². The molecule has 0 unspecified atom stereocenters. The number of amides is 1. The molecule has 0 aromatic heterocycles. The molecule has 0 saturated heterocycles. The highest BCUT2D eigenvalue weighted by atomic mass is 16.5. The van der Waals surface area contributed by atoms with Crippen molar-refractivity contribution in [3.8, 4) is 11.5 Å². The van der Waals surface area contributed by atoms with Gasteiger partial charge in [-0.25, -0.2) is 0 Å². The van der Waals surface area contributed by atoms with Crippen molar-refractivity contribution >= 4 is 11.6 Å². The second-order valence-corrected chi connectivity index (χ2v) is 5.72. The molecule has 0 bridgehead atoms. The Morgan fingerprint density at radius 1 is 1.12 bits per heavy atom. The van der Waals surface area contributed by atoms with Crippen molar-refractivity contribution in [3.05, 3.63) is 53.6 Å². The number of hydrogen-bond donors (Lipinski definition) is 1. The number of nitrogens with one attached hydrogen (secondary N) is 1. The lowest BCUT2D eigenvalue weighted by atomic mass is 10.1. The Kier molecular flexibility index (Phi) is 5.01. The molecular formula is C19H22N2O3. The zero-order valence-electron chi connectivity index (χ0n) is 14.0. The van der Waals surface area contributed by atoms with Crippen molar-refractivity contribution in [1.29, 1.82) is 0 Å². The molecule has 0 aliphatic carbocycles. The summed E-state index contributed by atoms with van der Waals surface area (Å²) in [4.78, 5) is 14.7. The maximum Gasteiger partial charge on any atom is 0.231 e. The molecule has 24 heavy (non-hydrogen) atoms. The average Bonchev–Trinajstić information content (AvgIpc) is 2.84. The van der Waals surface area contributed by atoms with Gasteiger partial charge >= 0.3 is 0 Å². The Morgan fingerprint density at radius 3 is 2.71 bits per heavy atom. The summed E-state index contributed by atoms with van der Waals surface area (Å²) in [7, 11) is 3.20. The highest BCUT2D eigenvalue weighted by Gasteiger charge is 2.21. The zero-order chi connectivity index (χ0) is 16.9. The number of para-hydroxylation sites is 1. The van der Waals surface area contributed by atoms with Crippen LogP contribution in [-0.4, -0.2) is 33.2 Å². The monoisotopic (exact) mass is 326 g/mol. The molecule has 1 heterocycles. The molecule has 1 amide bonds. The Labute approximate surface area is 142 Å². The molecule has 0 radical (unpaired) electrons. The van der Waals surface area contributed by atoms with Crippen LogP contribution in [0.1, 0.15) is 11.1 Å². The van der Waals surface area contributed by atoms with Crippen LogP contribution in [0.3, 0.4) is 0 Å². The molecule has 2 aromatic carbocycles. The van der Waals surface area contributed by atoms with Crippen LogP contribution in [0.15, 0.2) is 42.5 Å². The van der Waals surface area contributed by atoms with Crippen molar-refractivity contribution in [2.45, 2.75) is 13.0 Å². The van der Waals surface area contributed by atoms with Gasteiger partial charge in [0.25, 0.3) is 0 Å². The van der Waals surface area contributed by atoms with Gasteiger partial charge in [0.2, 0.25) is 5.91 Å². The predicted octanol–water partition coefficient (Wildman–Crippen LogP) is 2.38. The van der Waals surface area contributed by atoms with Crippen LogP contribution >= 0.6 is 0 Å². The molecule has 5 heteroatoms. The van der Waals surface area contributed by atoms with Gasteiger partial charge in [-0.2, -0.15) is 0 Å². The molecule has 0 saturated carbocycles. The molecule has 3 rings (SSSR count). The third-order valence-electron chi connectivity index (χ3n) is 4.21. The number of rotatable bonds is 4. The second-order valence-electron chi connectivity index (χ2n) is 5.72. The summed E-state index contributed by atoms with van der Waals surface area (Å²) >= 11 is 0. The van der Waals surface area contributed by atoms with E-state index in [9.17, 15) is 4.79 Å². The molecule has 0 fully saturated rings. The van der Waals surface area contributed by atoms with Gasteiger partial charge in [-0.3, -0.25) is 4.79 Å². The Bertz CT molecular complexity index is 730. The number of hydrogen-bond acceptors (Lipinski definition) is 4. The van der Waals surface area contributed by atoms with Gasteiger partial charge in [0.15, 0.2) is 11.5 Å². The Hall–Kier alpha value is -2.53. The fourth-order valence-electron chi connectivity index (χ4n) is 2.98. The minimum atomic E-state index is 0.0818. The SMILES string of the molecule is COc1ccc(CC(=O)N2CCNCc3ccccc32)cc1OC. The van der Waals surface area contributed by atoms with Crippen LogP contribution in [0, 0.1) is 0 Å². The van der Waals surface area contributed by atoms with Crippen LogP contribution in [0.5, 0.6) is 11.5 Å². The number of carbonyl (C=O) groups excluding carboxylic acids is 1. The number of benzene rings is 2. The van der Waals surface area contributed by atoms with E-state index in [0.29, 0.717) is 24.5 Å². The normalized spacial score (nSPS) is 13.8. The Morgan fingerprint density at radius 2 is 1.92 bits per heavy atom. The standard InChI is InChI=1S/C19H22N2O3/c1-23-17-8-7-14(11-18(17)24-2)12-19(22)21-10-9-20-13-15-5-3-4-6-16(15)21/h3-8,11,20H,9-10,12-13H2,1-2H3. The summed E-state index contributed by atoms with van der Waals surface area (Å²) in [5.74, 6) is 1.39. The molecule has 0 atom stereocenters. The molecule has 0 spiro atoms. The first kappa shape index (κ1) is 16.3.